The van der Waals surface area contributed by atoms with Gasteiger partial charge in [0, 0.05) is 39.8 Å². The largest absolute Gasteiger partial charge is 0.383 e. The Balaban J connectivity index is 1.83. The Morgan fingerprint density at radius 2 is 1.91 bits per heavy atom. The van der Waals surface area contributed by atoms with Crippen molar-refractivity contribution in [3.63, 3.8) is 0 Å². The average molecular weight is 320 g/mol. The van der Waals surface area contributed by atoms with Crippen molar-refractivity contribution < 1.29 is 14.3 Å². The van der Waals surface area contributed by atoms with Crippen molar-refractivity contribution in [2.75, 3.05) is 46.4 Å². The lowest BCUT2D eigenvalue weighted by Crippen LogP contribution is -2.34. The molecule has 0 saturated carbocycles. The second-order valence-electron chi connectivity index (χ2n) is 5.41. The fraction of sp³-hybridized carbons (Fsp3) is 0.562. The van der Waals surface area contributed by atoms with Gasteiger partial charge in [-0.25, -0.2) is 4.98 Å². The molecule has 1 aliphatic heterocycles. The fourth-order valence-corrected chi connectivity index (χ4v) is 2.42. The number of hydrogen-bond acceptors (Lipinski definition) is 5. The van der Waals surface area contributed by atoms with E-state index in [0.29, 0.717) is 25.4 Å². The molecule has 2 rings (SSSR count). The van der Waals surface area contributed by atoms with Gasteiger partial charge in [0.15, 0.2) is 0 Å². The molecular formula is C16H24N4O3. The van der Waals surface area contributed by atoms with Crippen molar-refractivity contribution in [2.24, 2.45) is 0 Å². The third-order valence-corrected chi connectivity index (χ3v) is 3.66. The molecule has 2 N–H and O–H groups in total. The van der Waals surface area contributed by atoms with Crippen LogP contribution in [0.2, 0.25) is 0 Å². The van der Waals surface area contributed by atoms with Gasteiger partial charge < -0.3 is 20.3 Å². The van der Waals surface area contributed by atoms with Gasteiger partial charge in [0.05, 0.1) is 6.61 Å². The Bertz CT molecular complexity index is 530. The van der Waals surface area contributed by atoms with Crippen LogP contribution in [0.15, 0.2) is 18.2 Å². The first-order valence-electron chi connectivity index (χ1n) is 7.96. The van der Waals surface area contributed by atoms with E-state index < -0.39 is 0 Å². The summed E-state index contributed by atoms with van der Waals surface area (Å²) < 4.78 is 4.92. The van der Waals surface area contributed by atoms with Gasteiger partial charge in [0.2, 0.25) is 0 Å². The van der Waals surface area contributed by atoms with Crippen LogP contribution in [0.1, 0.15) is 33.8 Å². The van der Waals surface area contributed by atoms with E-state index >= 15 is 0 Å². The Kier molecular flexibility index (Phi) is 6.96. The molecule has 7 nitrogen and oxygen atoms in total. The monoisotopic (exact) mass is 320 g/mol. The van der Waals surface area contributed by atoms with Crippen LogP contribution in [0.25, 0.3) is 0 Å². The summed E-state index contributed by atoms with van der Waals surface area (Å²) in [5.74, 6) is -0.368. The number of aromatic nitrogens is 1. The van der Waals surface area contributed by atoms with E-state index in [-0.39, 0.29) is 17.5 Å². The van der Waals surface area contributed by atoms with E-state index in [0.717, 1.165) is 32.5 Å². The van der Waals surface area contributed by atoms with Crippen molar-refractivity contribution in [3.05, 3.63) is 29.6 Å². The molecule has 0 radical (unpaired) electrons. The van der Waals surface area contributed by atoms with Crippen molar-refractivity contribution in [3.8, 4) is 0 Å². The number of carbonyl (C=O) groups excluding carboxylic acids is 2. The molecule has 0 spiro atoms. The molecule has 2 amide bonds. The first-order chi connectivity index (χ1) is 11.2. The molecule has 0 atom stereocenters. The highest BCUT2D eigenvalue weighted by atomic mass is 16.5. The molecule has 1 aromatic heterocycles. The number of nitrogens with zero attached hydrogens (tertiary/aromatic N) is 2. The molecule has 23 heavy (non-hydrogen) atoms. The van der Waals surface area contributed by atoms with E-state index in [9.17, 15) is 9.59 Å². The minimum atomic E-state index is -0.269. The van der Waals surface area contributed by atoms with E-state index in [1.165, 1.54) is 0 Å². The minimum Gasteiger partial charge on any atom is -0.383 e. The van der Waals surface area contributed by atoms with Gasteiger partial charge in [-0.1, -0.05) is 6.07 Å². The molecular weight excluding hydrogens is 296 g/mol. The van der Waals surface area contributed by atoms with E-state index in [1.807, 2.05) is 0 Å². The molecule has 2 heterocycles. The summed E-state index contributed by atoms with van der Waals surface area (Å²) in [4.78, 5) is 30.4. The van der Waals surface area contributed by atoms with Crippen LogP contribution in [0.4, 0.5) is 0 Å². The molecule has 1 aromatic rings. The number of methoxy groups -OCH3 is 1. The molecule has 7 heteroatoms. The van der Waals surface area contributed by atoms with Gasteiger partial charge in [-0.2, -0.15) is 0 Å². The smallest absolute Gasteiger partial charge is 0.272 e. The highest BCUT2D eigenvalue weighted by Crippen LogP contribution is 2.11. The van der Waals surface area contributed by atoms with Gasteiger partial charge in [0.1, 0.15) is 11.4 Å². The first kappa shape index (κ1) is 17.4. The first-order valence-corrected chi connectivity index (χ1v) is 7.96. The number of nitrogens with one attached hydrogen (secondary N) is 2. The van der Waals surface area contributed by atoms with Gasteiger partial charge in [-0.05, 0) is 25.0 Å². The predicted molar refractivity (Wildman–Crippen MR) is 86.5 cm³/mol. The summed E-state index contributed by atoms with van der Waals surface area (Å²) in [5.41, 5.74) is 0.602. The average Bonchev–Trinajstić information content (AvgIpc) is 3.12. The lowest BCUT2D eigenvalue weighted by Gasteiger charge is -2.14. The topological polar surface area (TPSA) is 83.6 Å². The van der Waals surface area contributed by atoms with Crippen LogP contribution < -0.4 is 10.6 Å². The number of pyridine rings is 1. The maximum atomic E-state index is 12.3. The highest BCUT2D eigenvalue weighted by Gasteiger charge is 2.21. The summed E-state index contributed by atoms with van der Waals surface area (Å²) >= 11 is 0. The van der Waals surface area contributed by atoms with Crippen LogP contribution in [-0.4, -0.2) is 68.1 Å². The normalized spacial score (nSPS) is 14.0. The zero-order chi connectivity index (χ0) is 16.5. The molecule has 126 valence electrons. The van der Waals surface area contributed by atoms with Gasteiger partial charge in [-0.3, -0.25) is 9.59 Å². The lowest BCUT2D eigenvalue weighted by atomic mass is 10.2. The Morgan fingerprint density at radius 3 is 2.65 bits per heavy atom. The SMILES string of the molecule is COCCNCCNC(=O)c1cccc(C(=O)N2CCCC2)n1. The summed E-state index contributed by atoms with van der Waals surface area (Å²) in [5, 5.41) is 5.92. The number of hydrogen-bond donors (Lipinski definition) is 2. The molecule has 0 unspecified atom stereocenters. The van der Waals surface area contributed by atoms with Crippen LogP contribution in [0.3, 0.4) is 0 Å². The van der Waals surface area contributed by atoms with Crippen LogP contribution in [-0.2, 0) is 4.74 Å². The Morgan fingerprint density at radius 1 is 1.17 bits per heavy atom. The van der Waals surface area contributed by atoms with Crippen LogP contribution in [0, 0.1) is 0 Å². The van der Waals surface area contributed by atoms with Crippen molar-refractivity contribution >= 4 is 11.8 Å². The zero-order valence-corrected chi connectivity index (χ0v) is 13.5. The van der Waals surface area contributed by atoms with Crippen LogP contribution in [0.5, 0.6) is 0 Å². The summed E-state index contributed by atoms with van der Waals surface area (Å²) in [7, 11) is 1.64. The number of likely N-dealkylation sites (tertiary alicyclic amines) is 1. The molecule has 1 aliphatic rings. The highest BCUT2D eigenvalue weighted by molar-refractivity contribution is 5.96. The number of ether oxygens (including phenoxy) is 1. The van der Waals surface area contributed by atoms with Crippen molar-refractivity contribution in [2.45, 2.75) is 12.8 Å². The number of carbonyl (C=O) groups is 2. The van der Waals surface area contributed by atoms with Gasteiger partial charge >= 0.3 is 0 Å². The number of rotatable bonds is 8. The van der Waals surface area contributed by atoms with Gasteiger partial charge in [-0.15, -0.1) is 0 Å². The quantitative estimate of drug-likeness (QED) is 0.672. The molecule has 1 fully saturated rings. The second kappa shape index (κ2) is 9.22. The summed E-state index contributed by atoms with van der Waals surface area (Å²) in [6.45, 7) is 4.06. The Labute approximate surface area is 136 Å². The Hall–Kier alpha value is -1.99. The maximum Gasteiger partial charge on any atom is 0.272 e. The third kappa shape index (κ3) is 5.30. The molecule has 0 bridgehead atoms. The van der Waals surface area contributed by atoms with Crippen molar-refractivity contribution in [1.29, 1.82) is 0 Å². The molecule has 0 aromatic carbocycles. The fourth-order valence-electron chi connectivity index (χ4n) is 2.42. The predicted octanol–water partition coefficient (Wildman–Crippen LogP) is 0.283. The lowest BCUT2D eigenvalue weighted by molar-refractivity contribution is 0.0787. The maximum absolute atomic E-state index is 12.3. The zero-order valence-electron chi connectivity index (χ0n) is 13.5. The van der Waals surface area contributed by atoms with E-state index in [2.05, 4.69) is 15.6 Å². The van der Waals surface area contributed by atoms with E-state index in [1.54, 1.807) is 30.2 Å². The minimum absolute atomic E-state index is 0.0987. The standard InChI is InChI=1S/C16H24N4O3/c1-23-12-9-17-7-8-18-15(21)13-5-4-6-14(19-13)16(22)20-10-2-3-11-20/h4-6,17H,2-3,7-12H2,1H3,(H,18,21). The summed E-state index contributed by atoms with van der Waals surface area (Å²) in [6.07, 6.45) is 2.06. The van der Waals surface area contributed by atoms with Gasteiger partial charge in [0.25, 0.3) is 11.8 Å². The third-order valence-electron chi connectivity index (χ3n) is 3.66. The second-order valence-corrected chi connectivity index (χ2v) is 5.41. The van der Waals surface area contributed by atoms with E-state index in [4.69, 9.17) is 4.74 Å². The number of amides is 2. The summed E-state index contributed by atoms with van der Waals surface area (Å²) in [6, 6.07) is 4.97. The van der Waals surface area contributed by atoms with Crippen molar-refractivity contribution in [1.82, 2.24) is 20.5 Å². The molecule has 1 saturated heterocycles. The molecule has 0 aliphatic carbocycles. The van der Waals surface area contributed by atoms with Crippen LogP contribution >= 0.6 is 0 Å².